The summed E-state index contributed by atoms with van der Waals surface area (Å²) in [5, 5.41) is 7.09. The molecule has 138 valence electrons. The van der Waals surface area contributed by atoms with Gasteiger partial charge >= 0.3 is 0 Å². The van der Waals surface area contributed by atoms with Gasteiger partial charge in [-0.05, 0) is 43.3 Å². The van der Waals surface area contributed by atoms with Crippen LogP contribution in [-0.4, -0.2) is 32.1 Å². The monoisotopic (exact) mass is 377 g/mol. The molecule has 0 fully saturated rings. The normalized spacial score (nSPS) is 12.2. The molecule has 7 nitrogen and oxygen atoms in total. The van der Waals surface area contributed by atoms with Crippen LogP contribution in [0, 0.1) is 0 Å². The van der Waals surface area contributed by atoms with Gasteiger partial charge in [-0.2, -0.15) is 0 Å². The number of carbonyl (C=O) groups excluding carboxylic acids is 1. The van der Waals surface area contributed by atoms with Crippen LogP contribution < -0.4 is 20.5 Å². The summed E-state index contributed by atoms with van der Waals surface area (Å²) in [5.41, 5.74) is 7.02. The van der Waals surface area contributed by atoms with Crippen molar-refractivity contribution in [1.82, 2.24) is 0 Å². The molecule has 1 amide bonds. The lowest BCUT2D eigenvalue weighted by Crippen LogP contribution is -2.27. The smallest absolute Gasteiger partial charge is 0.267 e. The van der Waals surface area contributed by atoms with E-state index in [0.29, 0.717) is 27.8 Å². The number of benzene rings is 2. The van der Waals surface area contributed by atoms with Gasteiger partial charge in [-0.1, -0.05) is 16.8 Å². The van der Waals surface area contributed by atoms with Gasteiger partial charge in [0.25, 0.3) is 5.91 Å². The average Bonchev–Trinajstić information content (AvgIpc) is 2.66. The van der Waals surface area contributed by atoms with Gasteiger partial charge in [-0.15, -0.1) is 0 Å². The molecular weight excluding hydrogens is 358 g/mol. The Morgan fingerprint density at radius 2 is 1.77 bits per heavy atom. The minimum absolute atomic E-state index is 0.146. The average molecular weight is 378 g/mol. The third kappa shape index (κ3) is 5.03. The van der Waals surface area contributed by atoms with Crippen molar-refractivity contribution in [3.63, 3.8) is 0 Å². The predicted octanol–water partition coefficient (Wildman–Crippen LogP) is 3.02. The van der Waals surface area contributed by atoms with Gasteiger partial charge in [0, 0.05) is 22.3 Å². The van der Waals surface area contributed by atoms with Gasteiger partial charge in [0.1, 0.15) is 0 Å². The zero-order chi connectivity index (χ0) is 19.1. The molecule has 0 bridgehead atoms. The molecule has 0 spiro atoms. The molecule has 2 aromatic rings. The number of hydrogen-bond donors (Lipinski definition) is 2. The number of nitrogens with one attached hydrogen (secondary N) is 1. The van der Waals surface area contributed by atoms with E-state index in [-0.39, 0.29) is 11.7 Å². The molecule has 1 atom stereocenters. The minimum atomic E-state index is -0.853. The fourth-order valence-electron chi connectivity index (χ4n) is 2.01. The quantitative estimate of drug-likeness (QED) is 0.439. The number of ether oxygens (including phenoxy) is 2. The van der Waals surface area contributed by atoms with E-state index in [1.165, 1.54) is 14.2 Å². The van der Waals surface area contributed by atoms with Crippen molar-refractivity contribution in [2.24, 2.45) is 10.9 Å². The van der Waals surface area contributed by atoms with Crippen LogP contribution in [0.2, 0.25) is 5.02 Å². The summed E-state index contributed by atoms with van der Waals surface area (Å²) in [4.78, 5) is 17.4. The Bertz CT molecular complexity index is 794. The van der Waals surface area contributed by atoms with Crippen molar-refractivity contribution in [2.75, 3.05) is 19.5 Å². The topological polar surface area (TPSA) is 95.2 Å². The van der Waals surface area contributed by atoms with Crippen LogP contribution in [0.15, 0.2) is 47.6 Å². The fraction of sp³-hybridized carbons (Fsp3) is 0.222. The second-order valence-electron chi connectivity index (χ2n) is 5.29. The molecule has 8 heteroatoms. The maximum Gasteiger partial charge on any atom is 0.267 e. The maximum absolute atomic E-state index is 12.2. The van der Waals surface area contributed by atoms with Crippen molar-refractivity contribution in [3.05, 3.63) is 53.1 Å². The number of amides is 1. The summed E-state index contributed by atoms with van der Waals surface area (Å²) in [6.07, 6.45) is -0.853. The molecule has 0 saturated heterocycles. The van der Waals surface area contributed by atoms with Crippen molar-refractivity contribution in [1.29, 1.82) is 0 Å². The third-order valence-corrected chi connectivity index (χ3v) is 3.72. The molecule has 0 aliphatic carbocycles. The number of hydrogen-bond acceptors (Lipinski definition) is 5. The highest BCUT2D eigenvalue weighted by Crippen LogP contribution is 2.29. The molecule has 0 radical (unpaired) electrons. The Hall–Kier alpha value is -2.93. The standard InChI is InChI=1S/C18H20ClN3O4/c1-11(26-22-17(20)12-4-6-13(19)7-5-12)18(23)21-14-8-9-15(24-2)16(10-14)25-3/h4-11H,1-3H3,(H2,20,22)(H,21,23). The molecule has 26 heavy (non-hydrogen) atoms. The van der Waals surface area contributed by atoms with Crippen LogP contribution in [0.3, 0.4) is 0 Å². The molecule has 0 aliphatic heterocycles. The molecular formula is C18H20ClN3O4. The van der Waals surface area contributed by atoms with E-state index in [1.54, 1.807) is 49.4 Å². The van der Waals surface area contributed by atoms with Crippen LogP contribution in [0.4, 0.5) is 5.69 Å². The van der Waals surface area contributed by atoms with E-state index in [1.807, 2.05) is 0 Å². The molecule has 2 aromatic carbocycles. The third-order valence-electron chi connectivity index (χ3n) is 3.47. The van der Waals surface area contributed by atoms with Crippen LogP contribution >= 0.6 is 11.6 Å². The largest absolute Gasteiger partial charge is 0.493 e. The number of halogens is 1. The first kappa shape index (κ1) is 19.4. The molecule has 2 rings (SSSR count). The highest BCUT2D eigenvalue weighted by atomic mass is 35.5. The Kier molecular flexibility index (Phi) is 6.68. The van der Waals surface area contributed by atoms with Gasteiger partial charge in [-0.25, -0.2) is 0 Å². The van der Waals surface area contributed by atoms with E-state index in [4.69, 9.17) is 31.6 Å². The summed E-state index contributed by atoms with van der Waals surface area (Å²) in [6, 6.07) is 11.8. The van der Waals surface area contributed by atoms with Gasteiger partial charge in [-0.3, -0.25) is 4.79 Å². The SMILES string of the molecule is COc1ccc(NC(=O)C(C)O/N=C(\N)c2ccc(Cl)cc2)cc1OC. The van der Waals surface area contributed by atoms with Crippen LogP contribution in [0.1, 0.15) is 12.5 Å². The highest BCUT2D eigenvalue weighted by molar-refractivity contribution is 6.30. The number of methoxy groups -OCH3 is 2. The molecule has 1 unspecified atom stereocenters. The Morgan fingerprint density at radius 1 is 1.12 bits per heavy atom. The Labute approximate surface area is 156 Å². The first-order chi connectivity index (χ1) is 12.4. The maximum atomic E-state index is 12.2. The minimum Gasteiger partial charge on any atom is -0.493 e. The lowest BCUT2D eigenvalue weighted by molar-refractivity contribution is -0.126. The number of oxime groups is 1. The van der Waals surface area contributed by atoms with Crippen molar-refractivity contribution >= 4 is 29.0 Å². The Morgan fingerprint density at radius 3 is 2.38 bits per heavy atom. The van der Waals surface area contributed by atoms with E-state index >= 15 is 0 Å². The van der Waals surface area contributed by atoms with E-state index in [2.05, 4.69) is 10.5 Å². The molecule has 0 aliphatic rings. The summed E-state index contributed by atoms with van der Waals surface area (Å²) in [5.74, 6) is 0.830. The number of anilines is 1. The van der Waals surface area contributed by atoms with Gasteiger partial charge in [0.2, 0.25) is 6.10 Å². The summed E-state index contributed by atoms with van der Waals surface area (Å²) in [6.45, 7) is 1.56. The molecule has 3 N–H and O–H groups in total. The first-order valence-corrected chi connectivity index (χ1v) is 8.10. The van der Waals surface area contributed by atoms with Crippen molar-refractivity contribution < 1.29 is 19.1 Å². The zero-order valence-electron chi connectivity index (χ0n) is 14.7. The Balaban J connectivity index is 1.99. The van der Waals surface area contributed by atoms with Crippen LogP contribution in [0.25, 0.3) is 0 Å². The second kappa shape index (κ2) is 8.96. The number of rotatable bonds is 7. The van der Waals surface area contributed by atoms with Crippen molar-refractivity contribution in [2.45, 2.75) is 13.0 Å². The van der Waals surface area contributed by atoms with Gasteiger partial charge in [0.05, 0.1) is 14.2 Å². The number of carbonyl (C=O) groups is 1. The summed E-state index contributed by atoms with van der Waals surface area (Å²) < 4.78 is 10.4. The van der Waals surface area contributed by atoms with E-state index in [9.17, 15) is 4.79 Å². The lowest BCUT2D eigenvalue weighted by atomic mass is 10.2. The lowest BCUT2D eigenvalue weighted by Gasteiger charge is -2.13. The van der Waals surface area contributed by atoms with E-state index < -0.39 is 6.10 Å². The first-order valence-electron chi connectivity index (χ1n) is 7.72. The number of nitrogens with zero attached hydrogens (tertiary/aromatic N) is 1. The predicted molar refractivity (Wildman–Crippen MR) is 101 cm³/mol. The van der Waals surface area contributed by atoms with Gasteiger partial charge in [0.15, 0.2) is 17.3 Å². The molecule has 0 heterocycles. The number of amidine groups is 1. The van der Waals surface area contributed by atoms with Crippen LogP contribution in [-0.2, 0) is 9.63 Å². The van der Waals surface area contributed by atoms with Crippen LogP contribution in [0.5, 0.6) is 11.5 Å². The highest BCUT2D eigenvalue weighted by Gasteiger charge is 2.16. The zero-order valence-corrected chi connectivity index (χ0v) is 15.4. The van der Waals surface area contributed by atoms with E-state index in [0.717, 1.165) is 0 Å². The molecule has 0 aromatic heterocycles. The molecule has 0 saturated carbocycles. The summed E-state index contributed by atoms with van der Waals surface area (Å²) in [7, 11) is 3.05. The van der Waals surface area contributed by atoms with Gasteiger partial charge < -0.3 is 25.4 Å². The fourth-order valence-corrected chi connectivity index (χ4v) is 2.14. The number of nitrogens with two attached hydrogens (primary N) is 1. The summed E-state index contributed by atoms with van der Waals surface area (Å²) >= 11 is 5.82. The van der Waals surface area contributed by atoms with Crippen molar-refractivity contribution in [3.8, 4) is 11.5 Å². The second-order valence-corrected chi connectivity index (χ2v) is 5.73.